The van der Waals surface area contributed by atoms with Crippen LogP contribution in [-0.2, 0) is 23.9 Å². The molecule has 0 radical (unpaired) electrons. The Morgan fingerprint density at radius 3 is 2.20 bits per heavy atom. The molecule has 3 aromatic carbocycles. The number of methoxy groups -OCH3 is 1. The fraction of sp³-hybridized carbons (Fsp3) is 0.286. The second-order valence-corrected chi connectivity index (χ2v) is 11.6. The van der Waals surface area contributed by atoms with Crippen LogP contribution >= 0.6 is 0 Å². The second kappa shape index (κ2) is 15.2. The van der Waals surface area contributed by atoms with Crippen LogP contribution in [0.15, 0.2) is 77.8 Å². The molecule has 2 atom stereocenters. The normalized spacial score (nSPS) is 15.4. The first kappa shape index (κ1) is 34.9. The number of ether oxygens (including phenoxy) is 2. The number of fused-ring (bicyclic) bond motifs is 1. The Balaban J connectivity index is 1.39. The molecule has 49 heavy (non-hydrogen) atoms. The number of H-pyrrole nitrogens is 1. The van der Waals surface area contributed by atoms with Gasteiger partial charge in [0.15, 0.2) is 18.1 Å². The van der Waals surface area contributed by atoms with Gasteiger partial charge in [0.05, 0.1) is 36.2 Å². The van der Waals surface area contributed by atoms with Gasteiger partial charge in [-0.15, -0.1) is 0 Å². The van der Waals surface area contributed by atoms with Crippen LogP contribution in [0.4, 0.5) is 11.4 Å². The highest BCUT2D eigenvalue weighted by Crippen LogP contribution is 2.32. The van der Waals surface area contributed by atoms with Crippen molar-refractivity contribution in [3.63, 3.8) is 0 Å². The molecule has 2 unspecified atom stereocenters. The minimum absolute atomic E-state index is 0.0166. The number of hydrogen-bond acceptors (Lipinski definition) is 12. The average molecular weight is 672 g/mol. The molecule has 1 fully saturated rings. The number of piperazine rings is 1. The molecule has 1 aliphatic heterocycles. The van der Waals surface area contributed by atoms with Crippen molar-refractivity contribution >= 4 is 51.8 Å². The van der Waals surface area contributed by atoms with E-state index in [4.69, 9.17) is 4.99 Å². The third-order valence-electron chi connectivity index (χ3n) is 8.28. The number of carbonyl (C=O) groups is 4. The zero-order chi connectivity index (χ0) is 35.2. The van der Waals surface area contributed by atoms with E-state index < -0.39 is 30.1 Å². The number of likely N-dealkylation sites (N-methyl/N-ethyl adjacent to an activating group) is 2. The Kier molecular flexibility index (Phi) is 10.8. The number of carbonyl (C=O) groups excluding carboxylic acids is 4. The summed E-state index contributed by atoms with van der Waals surface area (Å²) < 4.78 is 8.93. The number of anilines is 1. The molecule has 5 rings (SSSR count). The molecule has 1 aromatic heterocycles. The molecule has 1 aliphatic rings. The number of aromatic nitrogens is 1. The summed E-state index contributed by atoms with van der Waals surface area (Å²) in [5, 5.41) is 31.1. The molecule has 0 saturated carbocycles. The summed E-state index contributed by atoms with van der Waals surface area (Å²) in [7, 11) is 4.76. The maximum atomic E-state index is 13.0. The number of esters is 3. The first-order valence-electron chi connectivity index (χ1n) is 15.4. The maximum absolute atomic E-state index is 13.0. The number of amides is 1. The lowest BCUT2D eigenvalue weighted by atomic mass is 10.00. The van der Waals surface area contributed by atoms with E-state index in [1.807, 2.05) is 30.3 Å². The lowest BCUT2D eigenvalue weighted by Gasteiger charge is -2.32. The average Bonchev–Trinajstić information content (AvgIpc) is 3.45. The molecule has 0 spiro atoms. The number of aliphatic imine (C=N–C) groups is 1. The van der Waals surface area contributed by atoms with E-state index in [1.165, 1.54) is 18.2 Å². The lowest BCUT2D eigenvalue weighted by molar-refractivity contribution is -0.168. The fourth-order valence-electron chi connectivity index (χ4n) is 5.33. The summed E-state index contributed by atoms with van der Waals surface area (Å²) in [6, 6.07) is 20.6. The second-order valence-electron chi connectivity index (χ2n) is 11.6. The topological polar surface area (TPSA) is 185 Å². The standard InChI is InChI=1S/C35H37N5O9/c1-38-15-17-40(18-16-38)20-27(41)39(2)24-12-10-23(11-13-24)36-29(21-7-5-4-6-8-21)28-25-14-9-22(19-26(25)37-32(28)44)33(45)49-35(47)31(43)30(42)34(46)48-3/h4-14,19,30-31,37,42-44H,15-18,20H2,1-3H3. The number of nitrogens with one attached hydrogen (secondary N) is 1. The van der Waals surface area contributed by atoms with E-state index in [0.29, 0.717) is 45.7 Å². The molecule has 2 heterocycles. The van der Waals surface area contributed by atoms with Crippen molar-refractivity contribution in [1.82, 2.24) is 14.8 Å². The van der Waals surface area contributed by atoms with Crippen LogP contribution < -0.4 is 4.90 Å². The zero-order valence-electron chi connectivity index (χ0n) is 27.2. The van der Waals surface area contributed by atoms with E-state index in [-0.39, 0.29) is 17.4 Å². The minimum atomic E-state index is -2.34. The smallest absolute Gasteiger partial charge is 0.346 e. The Morgan fingerprint density at radius 1 is 0.898 bits per heavy atom. The summed E-state index contributed by atoms with van der Waals surface area (Å²) in [6.45, 7) is 3.85. The van der Waals surface area contributed by atoms with Crippen molar-refractivity contribution in [2.45, 2.75) is 12.2 Å². The first-order valence-corrected chi connectivity index (χ1v) is 15.4. The number of aliphatic hydroxyl groups is 2. The van der Waals surface area contributed by atoms with Crippen LogP contribution in [0.1, 0.15) is 21.5 Å². The summed E-state index contributed by atoms with van der Waals surface area (Å²) in [5.74, 6) is -4.24. The number of nitrogens with zero attached hydrogens (tertiary/aromatic N) is 4. The van der Waals surface area contributed by atoms with E-state index in [1.54, 1.807) is 36.2 Å². The van der Waals surface area contributed by atoms with Crippen LogP contribution in [-0.4, -0.2) is 126 Å². The minimum Gasteiger partial charge on any atom is -0.494 e. The van der Waals surface area contributed by atoms with Crippen LogP contribution in [0.5, 0.6) is 5.88 Å². The maximum Gasteiger partial charge on any atom is 0.346 e. The highest BCUT2D eigenvalue weighted by atomic mass is 16.6. The first-order chi connectivity index (χ1) is 23.5. The summed E-state index contributed by atoms with van der Waals surface area (Å²) >= 11 is 0. The van der Waals surface area contributed by atoms with Gasteiger partial charge in [-0.05, 0) is 43.4 Å². The predicted octanol–water partition coefficient (Wildman–Crippen LogP) is 1.83. The predicted molar refractivity (Wildman–Crippen MR) is 180 cm³/mol. The zero-order valence-corrected chi connectivity index (χ0v) is 27.2. The fourth-order valence-corrected chi connectivity index (χ4v) is 5.33. The Labute approximate surface area is 281 Å². The van der Waals surface area contributed by atoms with Gasteiger partial charge in [0, 0.05) is 55.4 Å². The number of aromatic hydroxyl groups is 1. The van der Waals surface area contributed by atoms with E-state index in [9.17, 15) is 34.5 Å². The van der Waals surface area contributed by atoms with Crippen LogP contribution in [0, 0.1) is 0 Å². The summed E-state index contributed by atoms with van der Waals surface area (Å²) in [5.41, 5.74) is 2.91. The van der Waals surface area contributed by atoms with E-state index in [2.05, 4.69) is 31.3 Å². The van der Waals surface area contributed by atoms with Gasteiger partial charge in [0.25, 0.3) is 0 Å². The van der Waals surface area contributed by atoms with Gasteiger partial charge in [-0.2, -0.15) is 0 Å². The van der Waals surface area contributed by atoms with Crippen molar-refractivity contribution in [2.24, 2.45) is 4.99 Å². The summed E-state index contributed by atoms with van der Waals surface area (Å²) in [4.78, 5) is 63.0. The summed E-state index contributed by atoms with van der Waals surface area (Å²) in [6.07, 6.45) is -4.58. The molecule has 1 amide bonds. The molecule has 4 aromatic rings. The molecular formula is C35H37N5O9. The number of benzene rings is 3. The van der Waals surface area contributed by atoms with Gasteiger partial charge in [0.1, 0.15) is 0 Å². The van der Waals surface area contributed by atoms with E-state index >= 15 is 0 Å². The van der Waals surface area contributed by atoms with Gasteiger partial charge < -0.3 is 39.6 Å². The molecule has 0 bridgehead atoms. The highest BCUT2D eigenvalue weighted by molar-refractivity contribution is 6.22. The van der Waals surface area contributed by atoms with Crippen molar-refractivity contribution in [2.75, 3.05) is 58.8 Å². The number of rotatable bonds is 10. The SMILES string of the molecule is COC(=O)C(O)C(O)C(=O)OC(=O)c1ccc2c(C(=Nc3ccc(N(C)C(=O)CN4CCN(C)CC4)cc3)c3ccccc3)c(O)[nH]c2c1. The molecular weight excluding hydrogens is 634 g/mol. The lowest BCUT2D eigenvalue weighted by Crippen LogP contribution is -2.48. The van der Waals surface area contributed by atoms with Gasteiger partial charge >= 0.3 is 17.9 Å². The Hall–Kier alpha value is -5.41. The van der Waals surface area contributed by atoms with Gasteiger partial charge in [-0.25, -0.2) is 19.4 Å². The van der Waals surface area contributed by atoms with Crippen molar-refractivity contribution in [3.05, 3.63) is 89.5 Å². The largest absolute Gasteiger partial charge is 0.494 e. The number of hydrogen-bond donors (Lipinski definition) is 4. The third-order valence-corrected chi connectivity index (χ3v) is 8.28. The number of aliphatic hydroxyl groups excluding tert-OH is 2. The molecule has 256 valence electrons. The third kappa shape index (κ3) is 8.01. The van der Waals surface area contributed by atoms with Gasteiger partial charge in [0.2, 0.25) is 5.91 Å². The molecule has 14 heteroatoms. The van der Waals surface area contributed by atoms with Crippen LogP contribution in [0.2, 0.25) is 0 Å². The molecule has 0 aliphatic carbocycles. The van der Waals surface area contributed by atoms with E-state index in [0.717, 1.165) is 33.3 Å². The van der Waals surface area contributed by atoms with Crippen molar-refractivity contribution < 1.29 is 44.0 Å². The monoisotopic (exact) mass is 671 g/mol. The Bertz CT molecular complexity index is 1870. The Morgan fingerprint density at radius 2 is 1.55 bits per heavy atom. The van der Waals surface area contributed by atoms with Crippen molar-refractivity contribution in [1.29, 1.82) is 0 Å². The highest BCUT2D eigenvalue weighted by Gasteiger charge is 2.34. The van der Waals surface area contributed by atoms with Crippen LogP contribution in [0.3, 0.4) is 0 Å². The molecule has 1 saturated heterocycles. The van der Waals surface area contributed by atoms with Gasteiger partial charge in [-0.3, -0.25) is 9.69 Å². The number of aromatic amines is 1. The van der Waals surface area contributed by atoms with Crippen LogP contribution in [0.25, 0.3) is 10.9 Å². The van der Waals surface area contributed by atoms with Gasteiger partial charge in [-0.1, -0.05) is 36.4 Å². The molecule has 4 N–H and O–H groups in total. The van der Waals surface area contributed by atoms with Crippen molar-refractivity contribution in [3.8, 4) is 5.88 Å². The quantitative estimate of drug-likeness (QED) is 0.110. The molecule has 14 nitrogen and oxygen atoms in total.